The van der Waals surface area contributed by atoms with Gasteiger partial charge in [0.1, 0.15) is 0 Å². The van der Waals surface area contributed by atoms with E-state index in [9.17, 15) is 18.0 Å². The summed E-state index contributed by atoms with van der Waals surface area (Å²) in [6.07, 6.45) is -5.03. The number of halogens is 4. The molecule has 1 amide bonds. The van der Waals surface area contributed by atoms with E-state index >= 15 is 0 Å². The molecule has 0 saturated carbocycles. The molecule has 1 unspecified atom stereocenters. The van der Waals surface area contributed by atoms with Gasteiger partial charge in [-0.3, -0.25) is 0 Å². The van der Waals surface area contributed by atoms with E-state index in [0.29, 0.717) is 18.7 Å². The monoisotopic (exact) mass is 414 g/mol. The third-order valence-electron chi connectivity index (χ3n) is 4.07. The summed E-state index contributed by atoms with van der Waals surface area (Å²) in [6.45, 7) is 0.334. The van der Waals surface area contributed by atoms with Crippen molar-refractivity contribution in [1.82, 2.24) is 5.32 Å². The number of nitrogens with one attached hydrogen (secondary N) is 1. The Bertz CT molecular complexity index is 793. The molecule has 1 aliphatic heterocycles. The molecule has 0 aliphatic carbocycles. The first kappa shape index (κ1) is 17.6. The zero-order valence-corrected chi connectivity index (χ0v) is 14.4. The van der Waals surface area contributed by atoms with E-state index < -0.39 is 17.8 Å². The lowest BCUT2D eigenvalue weighted by molar-refractivity contribution is -0.137. The van der Waals surface area contributed by atoms with Crippen LogP contribution in [0, 0.1) is 0 Å². The van der Waals surface area contributed by atoms with Crippen molar-refractivity contribution in [2.75, 3.05) is 11.4 Å². The molecule has 3 rings (SSSR count). The van der Waals surface area contributed by atoms with E-state index in [0.717, 1.165) is 27.9 Å². The molecule has 8 heteroatoms. The topological polar surface area (TPSA) is 52.6 Å². The number of anilines is 2. The second-order valence-corrected chi connectivity index (χ2v) is 6.60. The molecule has 0 radical (unpaired) electrons. The van der Waals surface area contributed by atoms with Crippen LogP contribution in [0.2, 0.25) is 0 Å². The molecule has 4 nitrogen and oxygen atoms in total. The maximum atomic E-state index is 12.8. The zero-order chi connectivity index (χ0) is 18.2. The maximum absolute atomic E-state index is 12.8. The Morgan fingerprint density at radius 1 is 1.20 bits per heavy atom. The van der Waals surface area contributed by atoms with Crippen molar-refractivity contribution >= 4 is 33.4 Å². The van der Waals surface area contributed by atoms with Crippen LogP contribution >= 0.6 is 15.9 Å². The SMILES string of the molecule is O=C(O)NC1Cc2c(Br)cccc2N(c2ccc(C(F)(F)F)cc2)C1. The fraction of sp³-hybridized carbons (Fsp3) is 0.235. The normalized spacial score (nSPS) is 17.1. The number of rotatable bonds is 2. The number of hydrogen-bond acceptors (Lipinski definition) is 2. The Balaban J connectivity index is 1.99. The average Bonchev–Trinajstić information content (AvgIpc) is 2.54. The largest absolute Gasteiger partial charge is 0.465 e. The molecule has 2 aromatic rings. The molecule has 0 bridgehead atoms. The Hall–Kier alpha value is -2.22. The van der Waals surface area contributed by atoms with Crippen LogP contribution in [0.3, 0.4) is 0 Å². The molecule has 132 valence electrons. The highest BCUT2D eigenvalue weighted by molar-refractivity contribution is 9.10. The predicted octanol–water partition coefficient (Wildman–Crippen LogP) is 4.80. The molecule has 2 N–H and O–H groups in total. The molecule has 2 aromatic carbocycles. The molecule has 0 fully saturated rings. The Morgan fingerprint density at radius 2 is 1.88 bits per heavy atom. The quantitative estimate of drug-likeness (QED) is 0.741. The van der Waals surface area contributed by atoms with Crippen LogP contribution in [0.1, 0.15) is 11.1 Å². The molecular formula is C17H14BrF3N2O2. The lowest BCUT2D eigenvalue weighted by Crippen LogP contribution is -2.46. The third-order valence-corrected chi connectivity index (χ3v) is 4.82. The van der Waals surface area contributed by atoms with E-state index in [1.54, 1.807) is 0 Å². The summed E-state index contributed by atoms with van der Waals surface area (Å²) < 4.78 is 39.1. The van der Waals surface area contributed by atoms with Crippen LogP contribution in [-0.4, -0.2) is 23.8 Å². The molecule has 1 heterocycles. The molecule has 0 aromatic heterocycles. The fourth-order valence-corrected chi connectivity index (χ4v) is 3.50. The fourth-order valence-electron chi connectivity index (χ4n) is 2.98. The van der Waals surface area contributed by atoms with Gasteiger partial charge in [0.2, 0.25) is 0 Å². The Labute approximate surface area is 150 Å². The zero-order valence-electron chi connectivity index (χ0n) is 12.8. The van der Waals surface area contributed by atoms with Gasteiger partial charge in [-0.05, 0) is 48.4 Å². The molecule has 0 saturated heterocycles. The van der Waals surface area contributed by atoms with Crippen molar-refractivity contribution in [2.45, 2.75) is 18.6 Å². The Kier molecular flexibility index (Phi) is 4.64. The summed E-state index contributed by atoms with van der Waals surface area (Å²) in [7, 11) is 0. The minimum Gasteiger partial charge on any atom is -0.465 e. The number of benzene rings is 2. The van der Waals surface area contributed by atoms with Crippen LogP contribution in [0.25, 0.3) is 0 Å². The minimum absolute atomic E-state index is 0.334. The van der Waals surface area contributed by atoms with Gasteiger partial charge >= 0.3 is 12.3 Å². The van der Waals surface area contributed by atoms with Crippen molar-refractivity contribution < 1.29 is 23.1 Å². The van der Waals surface area contributed by atoms with Crippen molar-refractivity contribution in [1.29, 1.82) is 0 Å². The highest BCUT2D eigenvalue weighted by Gasteiger charge is 2.31. The highest BCUT2D eigenvalue weighted by atomic mass is 79.9. The van der Waals surface area contributed by atoms with Gasteiger partial charge in [0.05, 0.1) is 11.6 Å². The molecule has 1 atom stereocenters. The summed E-state index contributed by atoms with van der Waals surface area (Å²) in [5.41, 5.74) is 1.61. The van der Waals surface area contributed by atoms with Crippen LogP contribution in [0.4, 0.5) is 29.3 Å². The molecule has 0 spiro atoms. The molecular weight excluding hydrogens is 401 g/mol. The second-order valence-electron chi connectivity index (χ2n) is 5.74. The first-order chi connectivity index (χ1) is 11.8. The molecule has 1 aliphatic rings. The third kappa shape index (κ3) is 3.73. The lowest BCUT2D eigenvalue weighted by atomic mass is 9.97. The first-order valence-corrected chi connectivity index (χ1v) is 8.26. The van der Waals surface area contributed by atoms with E-state index in [4.69, 9.17) is 5.11 Å². The number of carboxylic acid groups (broad SMARTS) is 1. The summed E-state index contributed by atoms with van der Waals surface area (Å²) in [6, 6.07) is 10.0. The van der Waals surface area contributed by atoms with E-state index in [1.807, 2.05) is 23.1 Å². The number of hydrogen-bond donors (Lipinski definition) is 2. The van der Waals surface area contributed by atoms with Crippen molar-refractivity contribution in [3.05, 3.63) is 58.1 Å². The number of alkyl halides is 3. The van der Waals surface area contributed by atoms with Crippen LogP contribution in [0.15, 0.2) is 46.9 Å². The van der Waals surface area contributed by atoms with Gasteiger partial charge in [0.15, 0.2) is 0 Å². The summed E-state index contributed by atoms with van der Waals surface area (Å²) in [5, 5.41) is 11.5. The predicted molar refractivity (Wildman–Crippen MR) is 91.2 cm³/mol. The van der Waals surface area contributed by atoms with Gasteiger partial charge in [0.25, 0.3) is 0 Å². The highest BCUT2D eigenvalue weighted by Crippen LogP contribution is 2.38. The van der Waals surface area contributed by atoms with Gasteiger partial charge < -0.3 is 15.3 Å². The van der Waals surface area contributed by atoms with E-state index in [1.165, 1.54) is 12.1 Å². The number of amides is 1. The maximum Gasteiger partial charge on any atom is 0.416 e. The lowest BCUT2D eigenvalue weighted by Gasteiger charge is -2.36. The number of fused-ring (bicyclic) bond motifs is 1. The first-order valence-electron chi connectivity index (χ1n) is 7.47. The van der Waals surface area contributed by atoms with Crippen molar-refractivity contribution in [2.24, 2.45) is 0 Å². The smallest absolute Gasteiger partial charge is 0.416 e. The van der Waals surface area contributed by atoms with Gasteiger partial charge in [-0.1, -0.05) is 22.0 Å². The van der Waals surface area contributed by atoms with Gasteiger partial charge in [-0.15, -0.1) is 0 Å². The van der Waals surface area contributed by atoms with E-state index in [2.05, 4.69) is 21.2 Å². The van der Waals surface area contributed by atoms with Gasteiger partial charge in [0, 0.05) is 22.4 Å². The van der Waals surface area contributed by atoms with Crippen LogP contribution < -0.4 is 10.2 Å². The molecule has 25 heavy (non-hydrogen) atoms. The summed E-state index contributed by atoms with van der Waals surface area (Å²) in [4.78, 5) is 12.8. The second kappa shape index (κ2) is 6.59. The number of nitrogens with zero attached hydrogens (tertiary/aromatic N) is 1. The minimum atomic E-state index is -4.39. The van der Waals surface area contributed by atoms with Gasteiger partial charge in [-0.25, -0.2) is 4.79 Å². The van der Waals surface area contributed by atoms with Crippen molar-refractivity contribution in [3.8, 4) is 0 Å². The number of carbonyl (C=O) groups is 1. The summed E-state index contributed by atoms with van der Waals surface area (Å²) in [5.74, 6) is 0. The van der Waals surface area contributed by atoms with Crippen LogP contribution in [-0.2, 0) is 12.6 Å². The average molecular weight is 415 g/mol. The standard InChI is InChI=1S/C17H14BrF3N2O2/c18-14-2-1-3-15-13(14)8-11(22-16(24)25)9-23(15)12-6-4-10(5-7-12)17(19,20)21/h1-7,11,22H,8-9H2,(H,24,25). The van der Waals surface area contributed by atoms with Crippen molar-refractivity contribution in [3.63, 3.8) is 0 Å². The van der Waals surface area contributed by atoms with Crippen LogP contribution in [0.5, 0.6) is 0 Å². The summed E-state index contributed by atoms with van der Waals surface area (Å²) >= 11 is 3.46. The van der Waals surface area contributed by atoms with Gasteiger partial charge in [-0.2, -0.15) is 13.2 Å². The Morgan fingerprint density at radius 3 is 2.48 bits per heavy atom. The van der Waals surface area contributed by atoms with E-state index in [-0.39, 0.29) is 6.04 Å².